The van der Waals surface area contributed by atoms with Crippen LogP contribution in [-0.4, -0.2) is 17.7 Å². The zero-order valence-corrected chi connectivity index (χ0v) is 11.6. The second kappa shape index (κ2) is 5.10. The number of benzene rings is 1. The van der Waals surface area contributed by atoms with Gasteiger partial charge >= 0.3 is 0 Å². The van der Waals surface area contributed by atoms with Gasteiger partial charge in [0, 0.05) is 17.1 Å². The Hall–Kier alpha value is -2.12. The number of fused-ring (bicyclic) bond motifs is 1. The predicted octanol–water partition coefficient (Wildman–Crippen LogP) is 2.14. The molecule has 0 bridgehead atoms. The van der Waals surface area contributed by atoms with Gasteiger partial charge in [0.05, 0.1) is 6.04 Å². The van der Waals surface area contributed by atoms with Gasteiger partial charge in [0.1, 0.15) is 10.7 Å². The number of carbonyl (C=O) groups excluding carboxylic acids is 1. The Morgan fingerprint density at radius 1 is 1.45 bits per heavy atom. The summed E-state index contributed by atoms with van der Waals surface area (Å²) in [7, 11) is 0. The van der Waals surface area contributed by atoms with Crippen molar-refractivity contribution >= 4 is 22.9 Å². The van der Waals surface area contributed by atoms with Crippen molar-refractivity contribution in [2.24, 2.45) is 5.73 Å². The highest BCUT2D eigenvalue weighted by atomic mass is 32.1. The SMILES string of the molecule is CC(N)c1nc(C(=O)Nc2ccc3c(c2)OCO3)cs1. The second-order valence-electron chi connectivity index (χ2n) is 4.38. The van der Waals surface area contributed by atoms with E-state index in [0.717, 1.165) is 5.01 Å². The fourth-order valence-corrected chi connectivity index (χ4v) is 2.53. The molecule has 0 spiro atoms. The molecule has 3 rings (SSSR count). The van der Waals surface area contributed by atoms with E-state index < -0.39 is 0 Å². The number of nitrogens with zero attached hydrogens (tertiary/aromatic N) is 1. The molecule has 1 atom stereocenters. The van der Waals surface area contributed by atoms with Crippen LogP contribution in [0.25, 0.3) is 0 Å². The first-order valence-electron chi connectivity index (χ1n) is 6.05. The van der Waals surface area contributed by atoms with E-state index in [1.165, 1.54) is 11.3 Å². The number of anilines is 1. The van der Waals surface area contributed by atoms with Crippen molar-refractivity contribution in [2.75, 3.05) is 12.1 Å². The molecule has 7 heteroatoms. The Kier molecular flexibility index (Phi) is 3.29. The van der Waals surface area contributed by atoms with Gasteiger partial charge in [-0.25, -0.2) is 4.98 Å². The number of nitrogens with one attached hydrogen (secondary N) is 1. The third kappa shape index (κ3) is 2.45. The molecule has 6 nitrogen and oxygen atoms in total. The Bertz CT molecular complexity index is 654. The number of aromatic nitrogens is 1. The first kappa shape index (κ1) is 12.9. The quantitative estimate of drug-likeness (QED) is 0.904. The minimum absolute atomic E-state index is 0.174. The summed E-state index contributed by atoms with van der Waals surface area (Å²) in [6.07, 6.45) is 0. The number of rotatable bonds is 3. The summed E-state index contributed by atoms with van der Waals surface area (Å²) in [6.45, 7) is 2.04. The molecule has 2 heterocycles. The van der Waals surface area contributed by atoms with Crippen LogP contribution >= 0.6 is 11.3 Å². The van der Waals surface area contributed by atoms with Crippen LogP contribution in [0.1, 0.15) is 28.5 Å². The first-order valence-corrected chi connectivity index (χ1v) is 6.93. The topological polar surface area (TPSA) is 86.5 Å². The van der Waals surface area contributed by atoms with Crippen LogP contribution in [0.3, 0.4) is 0 Å². The first-order chi connectivity index (χ1) is 9.63. The van der Waals surface area contributed by atoms with Gasteiger partial charge in [0.2, 0.25) is 6.79 Å². The molecule has 1 amide bonds. The van der Waals surface area contributed by atoms with Gasteiger partial charge in [-0.3, -0.25) is 4.79 Å². The van der Waals surface area contributed by atoms with Crippen molar-refractivity contribution in [1.82, 2.24) is 4.98 Å². The van der Waals surface area contributed by atoms with E-state index in [2.05, 4.69) is 10.3 Å². The average molecular weight is 291 g/mol. The average Bonchev–Trinajstić information content (AvgIpc) is 3.07. The molecule has 2 aromatic rings. The van der Waals surface area contributed by atoms with Crippen LogP contribution < -0.4 is 20.5 Å². The Labute approximate surface area is 119 Å². The smallest absolute Gasteiger partial charge is 0.275 e. The Morgan fingerprint density at radius 2 is 2.25 bits per heavy atom. The van der Waals surface area contributed by atoms with Crippen molar-refractivity contribution in [3.8, 4) is 11.5 Å². The summed E-state index contributed by atoms with van der Waals surface area (Å²) in [4.78, 5) is 16.3. The summed E-state index contributed by atoms with van der Waals surface area (Å²) in [5.41, 5.74) is 6.72. The van der Waals surface area contributed by atoms with E-state index in [0.29, 0.717) is 22.9 Å². The van der Waals surface area contributed by atoms with E-state index >= 15 is 0 Å². The standard InChI is InChI=1S/C13H13N3O3S/c1-7(14)13-16-9(5-20-13)12(17)15-8-2-3-10-11(4-8)19-6-18-10/h2-5,7H,6,14H2,1H3,(H,15,17). The van der Waals surface area contributed by atoms with Crippen molar-refractivity contribution in [3.63, 3.8) is 0 Å². The zero-order valence-electron chi connectivity index (χ0n) is 10.8. The van der Waals surface area contributed by atoms with Crippen LogP contribution in [-0.2, 0) is 0 Å². The number of ether oxygens (including phenoxy) is 2. The van der Waals surface area contributed by atoms with Crippen LogP contribution in [0, 0.1) is 0 Å². The maximum atomic E-state index is 12.1. The van der Waals surface area contributed by atoms with E-state index in [9.17, 15) is 4.79 Å². The molecule has 0 aliphatic carbocycles. The molecule has 1 aliphatic rings. The van der Waals surface area contributed by atoms with Crippen molar-refractivity contribution < 1.29 is 14.3 Å². The largest absolute Gasteiger partial charge is 0.454 e. The van der Waals surface area contributed by atoms with Gasteiger partial charge in [0.25, 0.3) is 5.91 Å². The predicted molar refractivity (Wildman–Crippen MR) is 75.2 cm³/mol. The van der Waals surface area contributed by atoms with E-state index in [1.54, 1.807) is 23.6 Å². The minimum atomic E-state index is -0.271. The van der Waals surface area contributed by atoms with Crippen molar-refractivity contribution in [3.05, 3.63) is 34.3 Å². The number of hydrogen-bond acceptors (Lipinski definition) is 6. The van der Waals surface area contributed by atoms with Gasteiger partial charge in [-0.1, -0.05) is 0 Å². The molecule has 20 heavy (non-hydrogen) atoms. The molecule has 1 aliphatic heterocycles. The summed E-state index contributed by atoms with van der Waals surface area (Å²) in [6, 6.07) is 5.06. The van der Waals surface area contributed by atoms with E-state index in [1.807, 2.05) is 6.92 Å². The second-order valence-corrected chi connectivity index (χ2v) is 5.27. The lowest BCUT2D eigenvalue weighted by Gasteiger charge is -2.04. The van der Waals surface area contributed by atoms with Crippen LogP contribution in [0.15, 0.2) is 23.6 Å². The molecule has 0 saturated carbocycles. The number of thiazole rings is 1. The highest BCUT2D eigenvalue weighted by molar-refractivity contribution is 7.09. The zero-order chi connectivity index (χ0) is 14.1. The molecule has 1 aromatic carbocycles. The molecule has 3 N–H and O–H groups in total. The minimum Gasteiger partial charge on any atom is -0.454 e. The molecule has 1 unspecified atom stereocenters. The number of amides is 1. The van der Waals surface area contributed by atoms with Crippen LogP contribution in [0.2, 0.25) is 0 Å². The molecule has 1 aromatic heterocycles. The normalized spacial score (nSPS) is 14.1. The highest BCUT2D eigenvalue weighted by Gasteiger charge is 2.16. The molecule has 0 radical (unpaired) electrons. The summed E-state index contributed by atoms with van der Waals surface area (Å²) >= 11 is 1.38. The molecule has 104 valence electrons. The van der Waals surface area contributed by atoms with Gasteiger partial charge in [0.15, 0.2) is 11.5 Å². The third-order valence-corrected chi connectivity index (χ3v) is 3.82. The van der Waals surface area contributed by atoms with E-state index in [-0.39, 0.29) is 18.7 Å². The van der Waals surface area contributed by atoms with Crippen LogP contribution in [0.4, 0.5) is 5.69 Å². The highest BCUT2D eigenvalue weighted by Crippen LogP contribution is 2.34. The summed E-state index contributed by atoms with van der Waals surface area (Å²) < 4.78 is 10.5. The van der Waals surface area contributed by atoms with Crippen LogP contribution in [0.5, 0.6) is 11.5 Å². The maximum Gasteiger partial charge on any atom is 0.275 e. The molecular formula is C13H13N3O3S. The maximum absolute atomic E-state index is 12.1. The number of hydrogen-bond donors (Lipinski definition) is 2. The van der Waals surface area contributed by atoms with Gasteiger partial charge in [-0.2, -0.15) is 0 Å². The van der Waals surface area contributed by atoms with Crippen molar-refractivity contribution in [2.45, 2.75) is 13.0 Å². The third-order valence-electron chi connectivity index (χ3n) is 2.77. The number of carbonyl (C=O) groups is 1. The van der Waals surface area contributed by atoms with Gasteiger partial charge in [-0.05, 0) is 19.1 Å². The number of nitrogens with two attached hydrogens (primary N) is 1. The lowest BCUT2D eigenvalue weighted by atomic mass is 10.2. The fourth-order valence-electron chi connectivity index (χ4n) is 1.77. The van der Waals surface area contributed by atoms with E-state index in [4.69, 9.17) is 15.2 Å². The molecule has 0 saturated heterocycles. The summed E-state index contributed by atoms with van der Waals surface area (Å²) in [5, 5.41) is 5.20. The van der Waals surface area contributed by atoms with Gasteiger partial charge in [-0.15, -0.1) is 11.3 Å². The van der Waals surface area contributed by atoms with Gasteiger partial charge < -0.3 is 20.5 Å². The molecule has 0 fully saturated rings. The van der Waals surface area contributed by atoms with Crippen molar-refractivity contribution in [1.29, 1.82) is 0 Å². The fraction of sp³-hybridized carbons (Fsp3) is 0.231. The molecular weight excluding hydrogens is 278 g/mol. The lowest BCUT2D eigenvalue weighted by molar-refractivity contribution is 0.102. The monoisotopic (exact) mass is 291 g/mol. The lowest BCUT2D eigenvalue weighted by Crippen LogP contribution is -2.13. The summed E-state index contributed by atoms with van der Waals surface area (Å²) in [5.74, 6) is 1.03. The Morgan fingerprint density at radius 3 is 3.00 bits per heavy atom. The Balaban J connectivity index is 1.75.